The molecule has 2 atom stereocenters. The third-order valence-corrected chi connectivity index (χ3v) is 4.96. The van der Waals surface area contributed by atoms with Crippen LogP contribution in [0.3, 0.4) is 0 Å². The molecule has 0 radical (unpaired) electrons. The monoisotopic (exact) mass is 344 g/mol. The third-order valence-electron chi connectivity index (χ3n) is 4.28. The highest BCUT2D eigenvalue weighted by Crippen LogP contribution is 2.38. The number of aryl methyl sites for hydroxylation is 1. The van der Waals surface area contributed by atoms with Gasteiger partial charge in [0.1, 0.15) is 0 Å². The maximum atomic E-state index is 6.00. The van der Waals surface area contributed by atoms with Gasteiger partial charge in [0.25, 0.3) is 0 Å². The van der Waals surface area contributed by atoms with E-state index in [-0.39, 0.29) is 6.04 Å². The molecule has 1 aliphatic heterocycles. The van der Waals surface area contributed by atoms with Crippen LogP contribution in [-0.4, -0.2) is 6.04 Å². The predicted molar refractivity (Wildman–Crippen MR) is 93.1 cm³/mol. The topological polar surface area (TPSA) is 29.3 Å². The molecule has 2 nitrogen and oxygen atoms in total. The van der Waals surface area contributed by atoms with Gasteiger partial charge in [-0.1, -0.05) is 40.2 Å². The van der Waals surface area contributed by atoms with Crippen LogP contribution in [0.1, 0.15) is 37.4 Å². The van der Waals surface area contributed by atoms with Crippen LogP contribution in [0.2, 0.25) is 0 Å². The van der Waals surface area contributed by atoms with Crippen LogP contribution in [-0.2, 0) is 6.42 Å². The van der Waals surface area contributed by atoms with Gasteiger partial charge in [0, 0.05) is 27.9 Å². The van der Waals surface area contributed by atoms with Gasteiger partial charge in [0.2, 0.25) is 0 Å². The molecule has 0 bridgehead atoms. The molecule has 110 valence electrons. The zero-order valence-electron chi connectivity index (χ0n) is 12.5. The summed E-state index contributed by atoms with van der Waals surface area (Å²) in [4.78, 5) is 2.44. The Labute approximate surface area is 135 Å². The second-order valence-corrected chi connectivity index (χ2v) is 6.74. The molecule has 2 aromatic rings. The molecular formula is C18H21BrN2. The van der Waals surface area contributed by atoms with E-state index in [1.54, 1.807) is 0 Å². The lowest BCUT2D eigenvalue weighted by Gasteiger charge is -2.37. The quantitative estimate of drug-likeness (QED) is 0.835. The maximum absolute atomic E-state index is 6.00. The summed E-state index contributed by atoms with van der Waals surface area (Å²) in [5.41, 5.74) is 11.1. The van der Waals surface area contributed by atoms with Crippen LogP contribution in [0.15, 0.2) is 46.9 Å². The summed E-state index contributed by atoms with van der Waals surface area (Å²) in [6.45, 7) is 4.31. The fraction of sp³-hybridized carbons (Fsp3) is 0.333. The van der Waals surface area contributed by atoms with E-state index in [0.29, 0.717) is 6.04 Å². The predicted octanol–water partition coefficient (Wildman–Crippen LogP) is 4.94. The van der Waals surface area contributed by atoms with E-state index in [0.717, 1.165) is 16.5 Å². The number of para-hydroxylation sites is 1. The van der Waals surface area contributed by atoms with Gasteiger partial charge in [-0.05, 0) is 56.0 Å². The zero-order valence-corrected chi connectivity index (χ0v) is 14.1. The van der Waals surface area contributed by atoms with Gasteiger partial charge in [0.15, 0.2) is 0 Å². The van der Waals surface area contributed by atoms with Crippen molar-refractivity contribution in [1.29, 1.82) is 0 Å². The number of hydrogen-bond acceptors (Lipinski definition) is 2. The van der Waals surface area contributed by atoms with Crippen molar-refractivity contribution in [2.75, 3.05) is 4.90 Å². The summed E-state index contributed by atoms with van der Waals surface area (Å²) >= 11 is 3.67. The van der Waals surface area contributed by atoms with Crippen molar-refractivity contribution in [3.05, 3.63) is 58.1 Å². The summed E-state index contributed by atoms with van der Waals surface area (Å²) in [5.74, 6) is 0. The molecule has 0 amide bonds. The van der Waals surface area contributed by atoms with Gasteiger partial charge in [-0.15, -0.1) is 0 Å². The minimum Gasteiger partial charge on any atom is -0.338 e. The average Bonchev–Trinajstić information content (AvgIpc) is 2.46. The standard InChI is InChI=1S/C18H21BrN2/c1-12-7-8-14-5-3-4-6-18(14)21(12)15-9-10-16(13(2)20)17(19)11-15/h3-6,9-13H,7-8,20H2,1-2H3/t12?,13-/m0/s1. The number of anilines is 2. The van der Waals surface area contributed by atoms with Crippen molar-refractivity contribution < 1.29 is 0 Å². The number of nitrogens with zero attached hydrogens (tertiary/aromatic N) is 1. The molecule has 2 aromatic carbocycles. The van der Waals surface area contributed by atoms with Crippen LogP contribution in [0.5, 0.6) is 0 Å². The number of halogens is 1. The second kappa shape index (κ2) is 5.82. The fourth-order valence-corrected chi connectivity index (χ4v) is 3.84. The Morgan fingerprint density at radius 2 is 2.00 bits per heavy atom. The van der Waals surface area contributed by atoms with Crippen LogP contribution >= 0.6 is 15.9 Å². The number of rotatable bonds is 2. The Kier molecular flexibility index (Phi) is 4.05. The molecule has 0 spiro atoms. The van der Waals surface area contributed by atoms with Crippen molar-refractivity contribution in [3.8, 4) is 0 Å². The smallest absolute Gasteiger partial charge is 0.0445 e. The van der Waals surface area contributed by atoms with Crippen molar-refractivity contribution in [3.63, 3.8) is 0 Å². The van der Waals surface area contributed by atoms with Crippen molar-refractivity contribution in [1.82, 2.24) is 0 Å². The minimum absolute atomic E-state index is 0.0412. The Hall–Kier alpha value is -1.32. The van der Waals surface area contributed by atoms with Gasteiger partial charge in [-0.3, -0.25) is 0 Å². The van der Waals surface area contributed by atoms with Gasteiger partial charge in [0.05, 0.1) is 0 Å². The number of nitrogens with two attached hydrogens (primary N) is 1. The van der Waals surface area contributed by atoms with Gasteiger partial charge in [-0.25, -0.2) is 0 Å². The molecule has 0 fully saturated rings. The SMILES string of the molecule is CC1CCc2ccccc2N1c1ccc([C@H](C)N)c(Br)c1. The zero-order chi connectivity index (χ0) is 15.0. The van der Waals surface area contributed by atoms with E-state index >= 15 is 0 Å². The number of fused-ring (bicyclic) bond motifs is 1. The number of hydrogen-bond donors (Lipinski definition) is 1. The maximum Gasteiger partial charge on any atom is 0.0445 e. The first-order chi connectivity index (χ1) is 10.1. The lowest BCUT2D eigenvalue weighted by molar-refractivity contribution is 0.618. The van der Waals surface area contributed by atoms with E-state index in [4.69, 9.17) is 5.73 Å². The Bertz CT molecular complexity index is 651. The normalized spacial score (nSPS) is 19.2. The van der Waals surface area contributed by atoms with E-state index < -0.39 is 0 Å². The van der Waals surface area contributed by atoms with Gasteiger partial charge in [-0.2, -0.15) is 0 Å². The molecule has 3 heteroatoms. The first kappa shape index (κ1) is 14.6. The van der Waals surface area contributed by atoms with Crippen LogP contribution in [0.4, 0.5) is 11.4 Å². The molecule has 3 rings (SSSR count). The van der Waals surface area contributed by atoms with Gasteiger partial charge >= 0.3 is 0 Å². The molecular weight excluding hydrogens is 324 g/mol. The van der Waals surface area contributed by atoms with Crippen LogP contribution in [0, 0.1) is 0 Å². The highest BCUT2D eigenvalue weighted by atomic mass is 79.9. The van der Waals surface area contributed by atoms with E-state index in [9.17, 15) is 0 Å². The summed E-state index contributed by atoms with van der Waals surface area (Å²) in [5, 5.41) is 0. The van der Waals surface area contributed by atoms with Crippen LogP contribution < -0.4 is 10.6 Å². The molecule has 1 aliphatic rings. The Morgan fingerprint density at radius 3 is 2.71 bits per heavy atom. The molecule has 0 saturated heterocycles. The Balaban J connectivity index is 2.05. The highest BCUT2D eigenvalue weighted by Gasteiger charge is 2.24. The molecule has 0 aliphatic carbocycles. The molecule has 1 heterocycles. The average molecular weight is 345 g/mol. The van der Waals surface area contributed by atoms with Crippen molar-refractivity contribution in [2.45, 2.75) is 38.8 Å². The molecule has 1 unspecified atom stereocenters. The Morgan fingerprint density at radius 1 is 1.24 bits per heavy atom. The molecule has 2 N–H and O–H groups in total. The first-order valence-corrected chi connectivity index (χ1v) is 8.29. The first-order valence-electron chi connectivity index (χ1n) is 7.50. The largest absolute Gasteiger partial charge is 0.338 e. The summed E-state index contributed by atoms with van der Waals surface area (Å²) in [6, 6.07) is 15.8. The fourth-order valence-electron chi connectivity index (χ4n) is 3.12. The molecule has 21 heavy (non-hydrogen) atoms. The molecule has 0 aromatic heterocycles. The van der Waals surface area contributed by atoms with E-state index in [1.807, 2.05) is 6.92 Å². The van der Waals surface area contributed by atoms with Crippen molar-refractivity contribution in [2.24, 2.45) is 5.73 Å². The van der Waals surface area contributed by atoms with E-state index in [1.165, 1.54) is 23.4 Å². The van der Waals surface area contributed by atoms with Gasteiger partial charge < -0.3 is 10.6 Å². The molecule has 0 saturated carbocycles. The van der Waals surface area contributed by atoms with E-state index in [2.05, 4.69) is 70.2 Å². The lowest BCUT2D eigenvalue weighted by atomic mass is 9.95. The summed E-state index contributed by atoms with van der Waals surface area (Å²) in [7, 11) is 0. The minimum atomic E-state index is 0.0412. The second-order valence-electron chi connectivity index (χ2n) is 5.88. The lowest BCUT2D eigenvalue weighted by Crippen LogP contribution is -2.33. The summed E-state index contributed by atoms with van der Waals surface area (Å²) in [6.07, 6.45) is 2.34. The van der Waals surface area contributed by atoms with Crippen LogP contribution in [0.25, 0.3) is 0 Å². The summed E-state index contributed by atoms with van der Waals surface area (Å²) < 4.78 is 1.09. The van der Waals surface area contributed by atoms with Crippen molar-refractivity contribution >= 4 is 27.3 Å². The number of benzene rings is 2. The third kappa shape index (κ3) is 2.72. The highest BCUT2D eigenvalue weighted by molar-refractivity contribution is 9.10.